The molecule has 23 heavy (non-hydrogen) atoms. The number of fused-ring (bicyclic) bond motifs is 1. The molecule has 1 aliphatic heterocycles. The van der Waals surface area contributed by atoms with Crippen molar-refractivity contribution in [2.75, 3.05) is 11.4 Å². The third kappa shape index (κ3) is 2.40. The third-order valence-electron chi connectivity index (χ3n) is 4.57. The Kier molecular flexibility index (Phi) is 3.37. The van der Waals surface area contributed by atoms with Crippen molar-refractivity contribution in [2.45, 2.75) is 25.4 Å². The van der Waals surface area contributed by atoms with Crippen molar-refractivity contribution in [3.05, 3.63) is 52.9 Å². The van der Waals surface area contributed by atoms with E-state index in [0.29, 0.717) is 6.54 Å². The number of aromatic nitrogens is 4. The van der Waals surface area contributed by atoms with Crippen LogP contribution < -0.4 is 10.5 Å². The summed E-state index contributed by atoms with van der Waals surface area (Å²) in [6.45, 7) is 1.56. The molecule has 0 N–H and O–H groups in total. The zero-order valence-electron chi connectivity index (χ0n) is 13.1. The van der Waals surface area contributed by atoms with Gasteiger partial charge in [0.1, 0.15) is 0 Å². The van der Waals surface area contributed by atoms with Crippen LogP contribution in [0.4, 0.5) is 5.95 Å². The predicted octanol–water partition coefficient (Wildman–Crippen LogP) is 1.80. The number of para-hydroxylation sites is 2. The number of hydrogen-bond acceptors (Lipinski definition) is 4. The van der Waals surface area contributed by atoms with E-state index in [2.05, 4.69) is 20.6 Å². The van der Waals surface area contributed by atoms with Crippen LogP contribution in [0.25, 0.3) is 11.0 Å². The predicted molar refractivity (Wildman–Crippen MR) is 89.6 cm³/mol. The van der Waals surface area contributed by atoms with Gasteiger partial charge in [0.25, 0.3) is 5.56 Å². The molecule has 1 aromatic carbocycles. The average Bonchev–Trinajstić information content (AvgIpc) is 3.14. The summed E-state index contributed by atoms with van der Waals surface area (Å²) >= 11 is 0. The minimum atomic E-state index is -0.0515. The first kappa shape index (κ1) is 14.0. The van der Waals surface area contributed by atoms with Crippen molar-refractivity contribution in [2.24, 2.45) is 7.05 Å². The Bertz CT molecular complexity index is 897. The van der Waals surface area contributed by atoms with E-state index in [1.54, 1.807) is 23.0 Å². The van der Waals surface area contributed by atoms with Gasteiger partial charge >= 0.3 is 0 Å². The monoisotopic (exact) mass is 309 g/mol. The Morgan fingerprint density at radius 1 is 1.22 bits per heavy atom. The molecule has 2 aromatic heterocycles. The first-order valence-corrected chi connectivity index (χ1v) is 7.94. The lowest BCUT2D eigenvalue weighted by Crippen LogP contribution is -2.38. The highest BCUT2D eigenvalue weighted by Crippen LogP contribution is 2.28. The van der Waals surface area contributed by atoms with Crippen molar-refractivity contribution in [3.63, 3.8) is 0 Å². The van der Waals surface area contributed by atoms with Gasteiger partial charge in [0.15, 0.2) is 0 Å². The maximum atomic E-state index is 11.9. The first-order valence-electron chi connectivity index (χ1n) is 7.94. The van der Waals surface area contributed by atoms with Crippen molar-refractivity contribution in [1.29, 1.82) is 0 Å². The first-order chi connectivity index (χ1) is 11.2. The van der Waals surface area contributed by atoms with E-state index in [0.717, 1.165) is 36.4 Å². The van der Waals surface area contributed by atoms with Crippen LogP contribution in [0.1, 0.15) is 12.8 Å². The summed E-state index contributed by atoms with van der Waals surface area (Å²) in [4.78, 5) is 19.0. The van der Waals surface area contributed by atoms with Crippen LogP contribution in [0.2, 0.25) is 0 Å². The number of rotatable bonds is 3. The second-order valence-electron chi connectivity index (χ2n) is 5.99. The fourth-order valence-electron chi connectivity index (χ4n) is 3.40. The lowest BCUT2D eigenvalue weighted by atomic mass is 10.2. The maximum Gasteiger partial charge on any atom is 0.266 e. The molecule has 0 radical (unpaired) electrons. The molecule has 1 atom stereocenters. The van der Waals surface area contributed by atoms with Gasteiger partial charge in [-0.2, -0.15) is 5.10 Å². The largest absolute Gasteiger partial charge is 0.337 e. The van der Waals surface area contributed by atoms with Crippen LogP contribution >= 0.6 is 0 Å². The smallest absolute Gasteiger partial charge is 0.266 e. The standard InChI is InChI=1S/C17H19N5O/c1-20-15-8-3-2-7-14(15)19-17(20)21-11-5-6-13(21)12-22-16(23)9-4-10-18-22/h2-4,7-10,13H,5-6,11-12H2,1H3. The summed E-state index contributed by atoms with van der Waals surface area (Å²) < 4.78 is 3.68. The van der Waals surface area contributed by atoms with Crippen LogP contribution in [0.5, 0.6) is 0 Å². The van der Waals surface area contributed by atoms with Crippen molar-refractivity contribution >= 4 is 17.0 Å². The SMILES string of the molecule is Cn1c(N2CCCC2Cn2ncccc2=O)nc2ccccc21. The van der Waals surface area contributed by atoms with Crippen LogP contribution in [-0.4, -0.2) is 31.9 Å². The van der Waals surface area contributed by atoms with Gasteiger partial charge < -0.3 is 9.47 Å². The number of benzene rings is 1. The van der Waals surface area contributed by atoms with E-state index in [9.17, 15) is 4.79 Å². The summed E-state index contributed by atoms with van der Waals surface area (Å²) in [6, 6.07) is 11.6. The molecule has 118 valence electrons. The topological polar surface area (TPSA) is 56.0 Å². The molecule has 0 spiro atoms. The maximum absolute atomic E-state index is 11.9. The Hall–Kier alpha value is -2.63. The summed E-state index contributed by atoms with van der Waals surface area (Å²) in [5.41, 5.74) is 2.08. The second-order valence-corrected chi connectivity index (χ2v) is 5.99. The minimum Gasteiger partial charge on any atom is -0.337 e. The van der Waals surface area contributed by atoms with Crippen LogP contribution in [0.15, 0.2) is 47.4 Å². The van der Waals surface area contributed by atoms with E-state index in [4.69, 9.17) is 4.98 Å². The number of anilines is 1. The van der Waals surface area contributed by atoms with Gasteiger partial charge in [-0.05, 0) is 31.0 Å². The van der Waals surface area contributed by atoms with E-state index in [1.165, 1.54) is 0 Å². The van der Waals surface area contributed by atoms with E-state index in [-0.39, 0.29) is 11.6 Å². The molecule has 1 fully saturated rings. The van der Waals surface area contributed by atoms with Gasteiger partial charge in [-0.15, -0.1) is 0 Å². The van der Waals surface area contributed by atoms with Crippen molar-refractivity contribution < 1.29 is 0 Å². The van der Waals surface area contributed by atoms with Gasteiger partial charge in [0.05, 0.1) is 23.6 Å². The molecule has 0 bridgehead atoms. The quantitative estimate of drug-likeness (QED) is 0.740. The van der Waals surface area contributed by atoms with Gasteiger partial charge in [0, 0.05) is 25.9 Å². The molecule has 0 amide bonds. The Labute approximate surface area is 134 Å². The molecule has 6 heteroatoms. The number of aryl methyl sites for hydroxylation is 1. The van der Waals surface area contributed by atoms with E-state index < -0.39 is 0 Å². The average molecular weight is 309 g/mol. The highest BCUT2D eigenvalue weighted by Gasteiger charge is 2.29. The lowest BCUT2D eigenvalue weighted by molar-refractivity contribution is 0.483. The highest BCUT2D eigenvalue weighted by atomic mass is 16.1. The fourth-order valence-corrected chi connectivity index (χ4v) is 3.40. The van der Waals surface area contributed by atoms with Gasteiger partial charge in [-0.25, -0.2) is 9.67 Å². The van der Waals surface area contributed by atoms with Crippen LogP contribution in [0.3, 0.4) is 0 Å². The van der Waals surface area contributed by atoms with Crippen molar-refractivity contribution in [3.8, 4) is 0 Å². The van der Waals surface area contributed by atoms with E-state index >= 15 is 0 Å². The van der Waals surface area contributed by atoms with E-state index in [1.807, 2.05) is 25.2 Å². The summed E-state index contributed by atoms with van der Waals surface area (Å²) in [6.07, 6.45) is 3.82. The second kappa shape index (κ2) is 5.53. The molecule has 1 unspecified atom stereocenters. The Morgan fingerprint density at radius 3 is 2.91 bits per heavy atom. The minimum absolute atomic E-state index is 0.0515. The van der Waals surface area contributed by atoms with Crippen LogP contribution in [-0.2, 0) is 13.6 Å². The Morgan fingerprint density at radius 2 is 2.09 bits per heavy atom. The zero-order valence-corrected chi connectivity index (χ0v) is 13.1. The molecule has 1 aliphatic rings. The van der Waals surface area contributed by atoms with Gasteiger partial charge in [0.2, 0.25) is 5.95 Å². The molecular formula is C17H19N5O. The normalized spacial score (nSPS) is 18.0. The molecule has 0 saturated carbocycles. The van der Waals surface area contributed by atoms with Crippen LogP contribution in [0, 0.1) is 0 Å². The fraction of sp³-hybridized carbons (Fsp3) is 0.353. The highest BCUT2D eigenvalue weighted by molar-refractivity contribution is 5.78. The molecular weight excluding hydrogens is 290 g/mol. The molecule has 0 aliphatic carbocycles. The number of hydrogen-bond donors (Lipinski definition) is 0. The number of nitrogens with zero attached hydrogens (tertiary/aromatic N) is 5. The molecule has 6 nitrogen and oxygen atoms in total. The third-order valence-corrected chi connectivity index (χ3v) is 4.57. The molecule has 1 saturated heterocycles. The van der Waals surface area contributed by atoms with Gasteiger partial charge in [-0.1, -0.05) is 12.1 Å². The van der Waals surface area contributed by atoms with Gasteiger partial charge in [-0.3, -0.25) is 4.79 Å². The Balaban J connectivity index is 1.68. The molecule has 3 aromatic rings. The van der Waals surface area contributed by atoms with Crippen molar-refractivity contribution in [1.82, 2.24) is 19.3 Å². The summed E-state index contributed by atoms with van der Waals surface area (Å²) in [7, 11) is 2.05. The zero-order chi connectivity index (χ0) is 15.8. The summed E-state index contributed by atoms with van der Waals surface area (Å²) in [5, 5.41) is 4.19. The summed E-state index contributed by atoms with van der Waals surface area (Å²) in [5.74, 6) is 0.970. The molecule has 4 rings (SSSR count). The number of imidazole rings is 1. The molecule has 3 heterocycles. The lowest BCUT2D eigenvalue weighted by Gasteiger charge is -2.25.